The van der Waals surface area contributed by atoms with Gasteiger partial charge >= 0.3 is 5.69 Å². The molecule has 1 heterocycles. The van der Waals surface area contributed by atoms with Crippen molar-refractivity contribution in [1.82, 2.24) is 9.55 Å². The average Bonchev–Trinajstić information content (AvgIpc) is 2.56. The van der Waals surface area contributed by atoms with E-state index in [1.54, 1.807) is 11.7 Å². The zero-order valence-electron chi connectivity index (χ0n) is 8.49. The van der Waals surface area contributed by atoms with Crippen LogP contribution in [0.4, 0.5) is 0 Å². The maximum atomic E-state index is 11.6. The molecule has 0 unspecified atom stereocenters. The second-order valence-electron chi connectivity index (χ2n) is 3.22. The second kappa shape index (κ2) is 3.78. The van der Waals surface area contributed by atoms with E-state index in [1.165, 1.54) is 0 Å². The SMILES string of the molecule is COc1cccc2c1[nH]c(=O)n2CCN. The van der Waals surface area contributed by atoms with E-state index < -0.39 is 0 Å². The van der Waals surface area contributed by atoms with E-state index in [1.807, 2.05) is 18.2 Å². The van der Waals surface area contributed by atoms with Gasteiger partial charge in [-0.05, 0) is 12.1 Å². The van der Waals surface area contributed by atoms with Gasteiger partial charge in [-0.25, -0.2) is 4.79 Å². The number of methoxy groups -OCH3 is 1. The van der Waals surface area contributed by atoms with E-state index in [4.69, 9.17) is 10.5 Å². The summed E-state index contributed by atoms with van der Waals surface area (Å²) in [4.78, 5) is 14.4. The third-order valence-electron chi connectivity index (χ3n) is 2.34. The van der Waals surface area contributed by atoms with Gasteiger partial charge in [-0.2, -0.15) is 0 Å². The Morgan fingerprint density at radius 1 is 1.53 bits per heavy atom. The van der Waals surface area contributed by atoms with E-state index in [9.17, 15) is 4.79 Å². The van der Waals surface area contributed by atoms with Crippen molar-refractivity contribution in [3.8, 4) is 5.75 Å². The molecule has 0 saturated carbocycles. The van der Waals surface area contributed by atoms with E-state index >= 15 is 0 Å². The Morgan fingerprint density at radius 2 is 2.33 bits per heavy atom. The highest BCUT2D eigenvalue weighted by Crippen LogP contribution is 2.21. The van der Waals surface area contributed by atoms with Crippen LogP contribution in [0, 0.1) is 0 Å². The number of hydrogen-bond acceptors (Lipinski definition) is 3. The first-order valence-corrected chi connectivity index (χ1v) is 4.73. The van der Waals surface area contributed by atoms with Gasteiger partial charge in [0, 0.05) is 13.1 Å². The van der Waals surface area contributed by atoms with E-state index in [0.717, 1.165) is 11.0 Å². The summed E-state index contributed by atoms with van der Waals surface area (Å²) in [6.45, 7) is 0.941. The number of nitrogens with two attached hydrogens (primary N) is 1. The number of imidazole rings is 1. The summed E-state index contributed by atoms with van der Waals surface area (Å²) in [5.41, 5.74) is 6.84. The number of aromatic nitrogens is 2. The molecule has 0 amide bonds. The van der Waals surface area contributed by atoms with Gasteiger partial charge < -0.3 is 15.5 Å². The molecule has 0 atom stereocenters. The monoisotopic (exact) mass is 207 g/mol. The fourth-order valence-electron chi connectivity index (χ4n) is 1.68. The first-order chi connectivity index (χ1) is 7.27. The fraction of sp³-hybridized carbons (Fsp3) is 0.300. The molecule has 1 aromatic carbocycles. The van der Waals surface area contributed by atoms with Gasteiger partial charge in [0.05, 0.1) is 12.6 Å². The first-order valence-electron chi connectivity index (χ1n) is 4.73. The van der Waals surface area contributed by atoms with Crippen LogP contribution in [-0.4, -0.2) is 23.2 Å². The molecule has 0 spiro atoms. The van der Waals surface area contributed by atoms with Gasteiger partial charge in [0.15, 0.2) is 0 Å². The maximum absolute atomic E-state index is 11.6. The highest BCUT2D eigenvalue weighted by molar-refractivity contribution is 5.81. The van der Waals surface area contributed by atoms with Crippen molar-refractivity contribution in [3.63, 3.8) is 0 Å². The van der Waals surface area contributed by atoms with Crippen LogP contribution >= 0.6 is 0 Å². The zero-order chi connectivity index (χ0) is 10.8. The van der Waals surface area contributed by atoms with Gasteiger partial charge in [-0.1, -0.05) is 6.07 Å². The second-order valence-corrected chi connectivity index (χ2v) is 3.22. The van der Waals surface area contributed by atoms with Crippen LogP contribution in [0.2, 0.25) is 0 Å². The number of aromatic amines is 1. The molecule has 0 aliphatic heterocycles. The Labute approximate surface area is 86.5 Å². The Morgan fingerprint density at radius 3 is 3.00 bits per heavy atom. The molecule has 0 aliphatic carbocycles. The highest BCUT2D eigenvalue weighted by atomic mass is 16.5. The minimum Gasteiger partial charge on any atom is -0.494 e. The van der Waals surface area contributed by atoms with Crippen molar-refractivity contribution in [2.24, 2.45) is 5.73 Å². The van der Waals surface area contributed by atoms with Crippen molar-refractivity contribution in [3.05, 3.63) is 28.7 Å². The van der Waals surface area contributed by atoms with Gasteiger partial charge in [0.2, 0.25) is 0 Å². The number of hydrogen-bond donors (Lipinski definition) is 2. The first kappa shape index (κ1) is 9.79. The molecule has 1 aromatic heterocycles. The number of rotatable bonds is 3. The van der Waals surface area contributed by atoms with E-state index in [0.29, 0.717) is 18.8 Å². The van der Waals surface area contributed by atoms with Crippen molar-refractivity contribution >= 4 is 11.0 Å². The molecule has 0 bridgehead atoms. The minimum absolute atomic E-state index is 0.153. The molecule has 2 rings (SSSR count). The average molecular weight is 207 g/mol. The van der Waals surface area contributed by atoms with Gasteiger partial charge in [-0.15, -0.1) is 0 Å². The van der Waals surface area contributed by atoms with Crippen molar-refractivity contribution < 1.29 is 4.74 Å². The molecule has 5 heteroatoms. The normalized spacial score (nSPS) is 10.8. The molecule has 5 nitrogen and oxygen atoms in total. The van der Waals surface area contributed by atoms with Gasteiger partial charge in [0.25, 0.3) is 0 Å². The molecule has 3 N–H and O–H groups in total. The van der Waals surface area contributed by atoms with Gasteiger partial charge in [0.1, 0.15) is 11.3 Å². The molecule has 0 fully saturated rings. The quantitative estimate of drug-likeness (QED) is 0.760. The Kier molecular flexibility index (Phi) is 2.47. The van der Waals surface area contributed by atoms with Crippen LogP contribution in [0.15, 0.2) is 23.0 Å². The molecular weight excluding hydrogens is 194 g/mol. The predicted octanol–water partition coefficient (Wildman–Crippen LogP) is 0.297. The van der Waals surface area contributed by atoms with Crippen LogP contribution in [0.5, 0.6) is 5.75 Å². The van der Waals surface area contributed by atoms with Crippen LogP contribution in [0.25, 0.3) is 11.0 Å². The lowest BCUT2D eigenvalue weighted by Crippen LogP contribution is -2.21. The number of para-hydroxylation sites is 1. The summed E-state index contributed by atoms with van der Waals surface area (Å²) >= 11 is 0. The summed E-state index contributed by atoms with van der Waals surface area (Å²) < 4.78 is 6.77. The molecule has 15 heavy (non-hydrogen) atoms. The molecule has 0 aliphatic rings. The third-order valence-corrected chi connectivity index (χ3v) is 2.34. The van der Waals surface area contributed by atoms with Crippen LogP contribution in [0.3, 0.4) is 0 Å². The van der Waals surface area contributed by atoms with Crippen molar-refractivity contribution in [2.45, 2.75) is 6.54 Å². The summed E-state index contributed by atoms with van der Waals surface area (Å²) in [6.07, 6.45) is 0. The third kappa shape index (κ3) is 1.50. The Bertz CT molecular complexity index is 527. The summed E-state index contributed by atoms with van der Waals surface area (Å²) in [5.74, 6) is 0.667. The maximum Gasteiger partial charge on any atom is 0.326 e. The van der Waals surface area contributed by atoms with E-state index in [-0.39, 0.29) is 5.69 Å². The minimum atomic E-state index is -0.153. The standard InChI is InChI=1S/C10H13N3O2/c1-15-8-4-2-3-7-9(8)12-10(14)13(7)6-5-11/h2-4H,5-6,11H2,1H3,(H,12,14). The van der Waals surface area contributed by atoms with Crippen LogP contribution < -0.4 is 16.2 Å². The summed E-state index contributed by atoms with van der Waals surface area (Å²) in [7, 11) is 1.58. The predicted molar refractivity (Wildman–Crippen MR) is 58.2 cm³/mol. The molecule has 0 saturated heterocycles. The number of nitrogens with zero attached hydrogens (tertiary/aromatic N) is 1. The fourth-order valence-corrected chi connectivity index (χ4v) is 1.68. The number of benzene rings is 1. The Hall–Kier alpha value is -1.75. The van der Waals surface area contributed by atoms with Crippen LogP contribution in [-0.2, 0) is 6.54 Å². The molecule has 2 aromatic rings. The summed E-state index contributed by atoms with van der Waals surface area (Å²) in [5, 5.41) is 0. The topological polar surface area (TPSA) is 73.0 Å². The van der Waals surface area contributed by atoms with Gasteiger partial charge in [-0.3, -0.25) is 4.57 Å². The van der Waals surface area contributed by atoms with E-state index in [2.05, 4.69) is 4.98 Å². The van der Waals surface area contributed by atoms with Crippen molar-refractivity contribution in [1.29, 1.82) is 0 Å². The lowest BCUT2D eigenvalue weighted by molar-refractivity contribution is 0.419. The number of fused-ring (bicyclic) bond motifs is 1. The largest absolute Gasteiger partial charge is 0.494 e. The lowest BCUT2D eigenvalue weighted by Gasteiger charge is -2.02. The molecule has 80 valence electrons. The molecular formula is C10H13N3O2. The summed E-state index contributed by atoms with van der Waals surface area (Å²) in [6, 6.07) is 5.53. The smallest absolute Gasteiger partial charge is 0.326 e. The van der Waals surface area contributed by atoms with Crippen molar-refractivity contribution in [2.75, 3.05) is 13.7 Å². The number of H-pyrrole nitrogens is 1. The Balaban J connectivity index is 2.72. The highest BCUT2D eigenvalue weighted by Gasteiger charge is 2.09. The zero-order valence-corrected chi connectivity index (χ0v) is 8.49. The molecule has 0 radical (unpaired) electrons. The number of nitrogens with one attached hydrogen (secondary N) is 1. The van der Waals surface area contributed by atoms with Crippen LogP contribution in [0.1, 0.15) is 0 Å². The number of ether oxygens (including phenoxy) is 1. The lowest BCUT2D eigenvalue weighted by atomic mass is 10.3.